The maximum atomic E-state index is 12.6. The SMILES string of the molecule is Cc1ccccc1OCC(=O)N1CCN(C(=O)c2ccc(C(=O)O)cc2)CC1. The molecule has 0 saturated carbocycles. The van der Waals surface area contributed by atoms with Gasteiger partial charge in [-0.05, 0) is 42.8 Å². The number of amides is 2. The maximum Gasteiger partial charge on any atom is 0.335 e. The van der Waals surface area contributed by atoms with Gasteiger partial charge in [0.15, 0.2) is 6.61 Å². The van der Waals surface area contributed by atoms with Crippen LogP contribution in [-0.4, -0.2) is 65.5 Å². The van der Waals surface area contributed by atoms with Crippen molar-refractivity contribution in [2.24, 2.45) is 0 Å². The van der Waals surface area contributed by atoms with Crippen molar-refractivity contribution in [1.82, 2.24) is 9.80 Å². The number of carbonyl (C=O) groups is 3. The quantitative estimate of drug-likeness (QED) is 0.855. The van der Waals surface area contributed by atoms with Crippen molar-refractivity contribution in [2.75, 3.05) is 32.8 Å². The fourth-order valence-corrected chi connectivity index (χ4v) is 3.05. The van der Waals surface area contributed by atoms with Gasteiger partial charge in [-0.15, -0.1) is 0 Å². The molecule has 0 bridgehead atoms. The Hall–Kier alpha value is -3.35. The van der Waals surface area contributed by atoms with E-state index in [0.29, 0.717) is 37.5 Å². The summed E-state index contributed by atoms with van der Waals surface area (Å²) in [6, 6.07) is 13.4. The largest absolute Gasteiger partial charge is 0.484 e. The lowest BCUT2D eigenvalue weighted by Crippen LogP contribution is -2.51. The first kappa shape index (κ1) is 19.4. The number of piperazine rings is 1. The Morgan fingerprint density at radius 1 is 0.893 bits per heavy atom. The zero-order valence-corrected chi connectivity index (χ0v) is 15.6. The molecule has 0 aliphatic carbocycles. The van der Waals surface area contributed by atoms with E-state index in [2.05, 4.69) is 0 Å². The Bertz CT molecular complexity index is 871. The van der Waals surface area contributed by atoms with Crippen LogP contribution < -0.4 is 4.74 Å². The van der Waals surface area contributed by atoms with Gasteiger partial charge in [-0.25, -0.2) is 4.79 Å². The third kappa shape index (κ3) is 4.49. The number of aromatic carboxylic acids is 1. The number of carboxylic acids is 1. The number of rotatable bonds is 5. The van der Waals surface area contributed by atoms with Crippen LogP contribution in [0, 0.1) is 6.92 Å². The van der Waals surface area contributed by atoms with Crippen LogP contribution in [0.25, 0.3) is 0 Å². The van der Waals surface area contributed by atoms with Crippen molar-refractivity contribution in [3.63, 3.8) is 0 Å². The summed E-state index contributed by atoms with van der Waals surface area (Å²) in [6.45, 7) is 3.62. The summed E-state index contributed by atoms with van der Waals surface area (Å²) in [6.07, 6.45) is 0. The molecule has 0 radical (unpaired) electrons. The van der Waals surface area contributed by atoms with Gasteiger partial charge in [0, 0.05) is 31.7 Å². The van der Waals surface area contributed by atoms with Crippen LogP contribution in [0.3, 0.4) is 0 Å². The highest BCUT2D eigenvalue weighted by atomic mass is 16.5. The summed E-state index contributed by atoms with van der Waals surface area (Å²) in [7, 11) is 0. The molecule has 2 amide bonds. The molecule has 0 aromatic heterocycles. The molecular weight excluding hydrogens is 360 g/mol. The van der Waals surface area contributed by atoms with Gasteiger partial charge in [-0.3, -0.25) is 9.59 Å². The Labute approximate surface area is 163 Å². The van der Waals surface area contributed by atoms with E-state index in [1.807, 2.05) is 31.2 Å². The molecule has 1 aliphatic heterocycles. The standard InChI is InChI=1S/C21H22N2O5/c1-15-4-2-3-5-18(15)28-14-19(24)22-10-12-23(13-11-22)20(25)16-6-8-17(9-7-16)21(26)27/h2-9H,10-14H2,1H3,(H,26,27). The normalized spacial score (nSPS) is 13.9. The van der Waals surface area contributed by atoms with Crippen LogP contribution in [0.5, 0.6) is 5.75 Å². The van der Waals surface area contributed by atoms with E-state index < -0.39 is 5.97 Å². The molecular formula is C21H22N2O5. The van der Waals surface area contributed by atoms with Crippen LogP contribution in [-0.2, 0) is 4.79 Å². The van der Waals surface area contributed by atoms with Crippen molar-refractivity contribution in [2.45, 2.75) is 6.92 Å². The van der Waals surface area contributed by atoms with Crippen molar-refractivity contribution in [3.8, 4) is 5.75 Å². The minimum atomic E-state index is -1.03. The number of para-hydroxylation sites is 1. The fourth-order valence-electron chi connectivity index (χ4n) is 3.05. The molecule has 3 rings (SSSR count). The number of ether oxygens (including phenoxy) is 1. The highest BCUT2D eigenvalue weighted by Gasteiger charge is 2.25. The van der Waals surface area contributed by atoms with Crippen molar-refractivity contribution in [3.05, 3.63) is 65.2 Å². The lowest BCUT2D eigenvalue weighted by Gasteiger charge is -2.34. The second-order valence-electron chi connectivity index (χ2n) is 6.61. The zero-order valence-electron chi connectivity index (χ0n) is 15.6. The van der Waals surface area contributed by atoms with E-state index in [0.717, 1.165) is 5.56 Å². The van der Waals surface area contributed by atoms with Crippen LogP contribution in [0.15, 0.2) is 48.5 Å². The topological polar surface area (TPSA) is 87.2 Å². The van der Waals surface area contributed by atoms with Crippen molar-refractivity contribution < 1.29 is 24.2 Å². The minimum Gasteiger partial charge on any atom is -0.484 e. The molecule has 0 atom stereocenters. The van der Waals surface area contributed by atoms with Gasteiger partial charge in [-0.2, -0.15) is 0 Å². The lowest BCUT2D eigenvalue weighted by molar-refractivity contribution is -0.134. The number of carboxylic acid groups (broad SMARTS) is 1. The molecule has 7 nitrogen and oxygen atoms in total. The fraction of sp³-hybridized carbons (Fsp3) is 0.286. The van der Waals surface area contributed by atoms with E-state index in [1.54, 1.807) is 9.80 Å². The highest BCUT2D eigenvalue weighted by molar-refractivity contribution is 5.96. The average molecular weight is 382 g/mol. The summed E-state index contributed by atoms with van der Waals surface area (Å²) >= 11 is 0. The number of nitrogens with zero attached hydrogens (tertiary/aromatic N) is 2. The average Bonchev–Trinajstić information content (AvgIpc) is 2.72. The number of hydrogen-bond acceptors (Lipinski definition) is 4. The summed E-state index contributed by atoms with van der Waals surface area (Å²) in [5.41, 5.74) is 1.55. The van der Waals surface area contributed by atoms with Crippen LogP contribution in [0.4, 0.5) is 0 Å². The van der Waals surface area contributed by atoms with Crippen LogP contribution in [0.1, 0.15) is 26.3 Å². The van der Waals surface area contributed by atoms with Gasteiger partial charge >= 0.3 is 5.97 Å². The molecule has 146 valence electrons. The molecule has 0 unspecified atom stereocenters. The molecule has 2 aromatic carbocycles. The number of hydrogen-bond donors (Lipinski definition) is 1. The van der Waals surface area contributed by atoms with E-state index in [-0.39, 0.29) is 24.0 Å². The molecule has 1 fully saturated rings. The van der Waals surface area contributed by atoms with Crippen molar-refractivity contribution >= 4 is 17.8 Å². The summed E-state index contributed by atoms with van der Waals surface area (Å²) < 4.78 is 5.61. The second kappa shape index (κ2) is 8.56. The monoisotopic (exact) mass is 382 g/mol. The second-order valence-corrected chi connectivity index (χ2v) is 6.61. The number of carbonyl (C=O) groups excluding carboxylic acids is 2. The molecule has 7 heteroatoms. The minimum absolute atomic E-state index is 0.0323. The van der Waals surface area contributed by atoms with Crippen LogP contribution in [0.2, 0.25) is 0 Å². The van der Waals surface area contributed by atoms with Gasteiger partial charge in [-0.1, -0.05) is 18.2 Å². The molecule has 28 heavy (non-hydrogen) atoms. The third-order valence-corrected chi connectivity index (χ3v) is 4.74. The Morgan fingerprint density at radius 3 is 2.07 bits per heavy atom. The maximum absolute atomic E-state index is 12.6. The van der Waals surface area contributed by atoms with E-state index in [4.69, 9.17) is 9.84 Å². The van der Waals surface area contributed by atoms with E-state index in [9.17, 15) is 14.4 Å². The van der Waals surface area contributed by atoms with Gasteiger partial charge in [0.2, 0.25) is 0 Å². The predicted octanol–water partition coefficient (Wildman–Crippen LogP) is 2.06. The highest BCUT2D eigenvalue weighted by Crippen LogP contribution is 2.16. The van der Waals surface area contributed by atoms with Gasteiger partial charge in [0.25, 0.3) is 11.8 Å². The van der Waals surface area contributed by atoms with Crippen LogP contribution >= 0.6 is 0 Å². The van der Waals surface area contributed by atoms with Gasteiger partial charge in [0.05, 0.1) is 5.56 Å². The Morgan fingerprint density at radius 2 is 1.46 bits per heavy atom. The first-order valence-corrected chi connectivity index (χ1v) is 9.04. The zero-order chi connectivity index (χ0) is 20.1. The van der Waals surface area contributed by atoms with E-state index >= 15 is 0 Å². The molecule has 1 aliphatic rings. The predicted molar refractivity (Wildman–Crippen MR) is 103 cm³/mol. The third-order valence-electron chi connectivity index (χ3n) is 4.74. The number of benzene rings is 2. The van der Waals surface area contributed by atoms with E-state index in [1.165, 1.54) is 24.3 Å². The smallest absolute Gasteiger partial charge is 0.335 e. The number of aryl methyl sites for hydroxylation is 1. The van der Waals surface area contributed by atoms with Gasteiger partial charge in [0.1, 0.15) is 5.75 Å². The molecule has 1 saturated heterocycles. The first-order valence-electron chi connectivity index (χ1n) is 9.04. The molecule has 0 spiro atoms. The Balaban J connectivity index is 1.50. The molecule has 1 N–H and O–H groups in total. The Kier molecular flexibility index (Phi) is 5.93. The summed E-state index contributed by atoms with van der Waals surface area (Å²) in [5.74, 6) is -0.616. The van der Waals surface area contributed by atoms with Gasteiger partial charge < -0.3 is 19.6 Å². The van der Waals surface area contributed by atoms with Crippen molar-refractivity contribution in [1.29, 1.82) is 0 Å². The summed E-state index contributed by atoms with van der Waals surface area (Å²) in [5, 5.41) is 8.93. The molecule has 2 aromatic rings. The lowest BCUT2D eigenvalue weighted by atomic mass is 10.1. The molecule has 1 heterocycles. The first-order chi connectivity index (χ1) is 13.5. The summed E-state index contributed by atoms with van der Waals surface area (Å²) in [4.78, 5) is 39.2.